The molecule has 1 heterocycles. The molecule has 2 saturated carbocycles. The predicted octanol–water partition coefficient (Wildman–Crippen LogP) is 4.50. The van der Waals surface area contributed by atoms with E-state index in [2.05, 4.69) is 62.2 Å². The Morgan fingerprint density at radius 2 is 1.71 bits per heavy atom. The monoisotopic (exact) mass is 385 g/mol. The largest absolute Gasteiger partial charge is 0.382 e. The molecule has 28 heavy (non-hydrogen) atoms. The first-order chi connectivity index (χ1) is 13.4. The van der Waals surface area contributed by atoms with Gasteiger partial charge in [-0.15, -0.1) is 0 Å². The van der Waals surface area contributed by atoms with Crippen LogP contribution in [-0.4, -0.2) is 37.9 Å². The van der Waals surface area contributed by atoms with Crippen LogP contribution in [0.4, 0.5) is 11.4 Å². The molecule has 2 bridgehead atoms. The Hall–Kier alpha value is -1.26. The van der Waals surface area contributed by atoms with Gasteiger partial charge < -0.3 is 20.7 Å². The van der Waals surface area contributed by atoms with Gasteiger partial charge in [-0.1, -0.05) is 13.8 Å². The van der Waals surface area contributed by atoms with E-state index in [1.165, 1.54) is 37.1 Å². The number of hydrogen-bond acceptors (Lipinski definition) is 4. The van der Waals surface area contributed by atoms with Gasteiger partial charge in [-0.2, -0.15) is 0 Å². The van der Waals surface area contributed by atoms with Crippen molar-refractivity contribution >= 4 is 11.4 Å². The van der Waals surface area contributed by atoms with Gasteiger partial charge in [0.25, 0.3) is 0 Å². The van der Waals surface area contributed by atoms with Crippen LogP contribution in [0.25, 0.3) is 0 Å². The lowest BCUT2D eigenvalue weighted by atomic mass is 9.55. The summed E-state index contributed by atoms with van der Waals surface area (Å²) >= 11 is 0. The quantitative estimate of drug-likeness (QED) is 0.801. The summed E-state index contributed by atoms with van der Waals surface area (Å²) < 4.78 is 5.88. The fourth-order valence-corrected chi connectivity index (χ4v) is 6.64. The van der Waals surface area contributed by atoms with E-state index in [0.717, 1.165) is 31.5 Å². The first-order valence-electron chi connectivity index (χ1n) is 11.3. The third kappa shape index (κ3) is 4.04. The highest BCUT2D eigenvalue weighted by Gasteiger charge is 2.47. The normalized spacial score (nSPS) is 41.0. The van der Waals surface area contributed by atoms with Crippen LogP contribution in [0.3, 0.4) is 0 Å². The maximum Gasteiger partial charge on any atom is 0.0726 e. The van der Waals surface area contributed by atoms with Crippen LogP contribution in [0.15, 0.2) is 24.3 Å². The summed E-state index contributed by atoms with van der Waals surface area (Å²) in [6.07, 6.45) is 5.82. The molecule has 1 aromatic rings. The molecule has 3 aliphatic rings. The van der Waals surface area contributed by atoms with Gasteiger partial charge >= 0.3 is 0 Å². The summed E-state index contributed by atoms with van der Waals surface area (Å²) in [6, 6.07) is 9.65. The summed E-state index contributed by atoms with van der Waals surface area (Å²) in [5.41, 5.74) is 9.20. The van der Waals surface area contributed by atoms with Crippen LogP contribution in [0.5, 0.6) is 0 Å². The van der Waals surface area contributed by atoms with E-state index in [9.17, 15) is 0 Å². The number of ether oxygens (including phenoxy) is 1. The van der Waals surface area contributed by atoms with Gasteiger partial charge in [0.2, 0.25) is 0 Å². The van der Waals surface area contributed by atoms with Gasteiger partial charge in [0, 0.05) is 30.5 Å². The first kappa shape index (κ1) is 20.0. The second-order valence-corrected chi connectivity index (χ2v) is 10.3. The topological polar surface area (TPSA) is 50.5 Å². The van der Waals surface area contributed by atoms with Gasteiger partial charge in [-0.3, -0.25) is 0 Å². The lowest BCUT2D eigenvalue weighted by Gasteiger charge is -2.53. The van der Waals surface area contributed by atoms with Gasteiger partial charge in [0.15, 0.2) is 0 Å². The van der Waals surface area contributed by atoms with Gasteiger partial charge in [0.05, 0.1) is 12.2 Å². The smallest absolute Gasteiger partial charge is 0.0726 e. The highest BCUT2D eigenvalue weighted by atomic mass is 16.5. The Bertz CT molecular complexity index is 648. The molecule has 1 saturated heterocycles. The summed E-state index contributed by atoms with van der Waals surface area (Å²) in [6.45, 7) is 12.0. The SMILES string of the molecule is CC1CC2CC(CN)(C1)CC(C)C2Nc1ccc(N2CC(C)OC(C)C2)cc1. The van der Waals surface area contributed by atoms with E-state index in [4.69, 9.17) is 10.5 Å². The van der Waals surface area contributed by atoms with E-state index in [1.54, 1.807) is 0 Å². The fourth-order valence-electron chi connectivity index (χ4n) is 6.64. The molecule has 4 nitrogen and oxygen atoms in total. The maximum atomic E-state index is 6.24. The van der Waals surface area contributed by atoms with Crippen molar-refractivity contribution in [2.24, 2.45) is 28.9 Å². The number of morpholine rings is 1. The van der Waals surface area contributed by atoms with E-state index in [1.807, 2.05) is 0 Å². The number of fused-ring (bicyclic) bond motifs is 2. The molecular weight excluding hydrogens is 346 g/mol. The molecule has 0 radical (unpaired) electrons. The van der Waals surface area contributed by atoms with Crippen LogP contribution in [0.2, 0.25) is 0 Å². The van der Waals surface area contributed by atoms with Gasteiger partial charge in [-0.25, -0.2) is 0 Å². The predicted molar refractivity (Wildman–Crippen MR) is 118 cm³/mol. The zero-order valence-corrected chi connectivity index (χ0v) is 18.2. The summed E-state index contributed by atoms with van der Waals surface area (Å²) in [5, 5.41) is 3.91. The average molecular weight is 386 g/mol. The maximum absolute atomic E-state index is 6.24. The number of nitrogens with zero attached hydrogens (tertiary/aromatic N) is 1. The average Bonchev–Trinajstić information content (AvgIpc) is 2.64. The third-order valence-corrected chi connectivity index (χ3v) is 7.48. The molecule has 3 fully saturated rings. The molecule has 1 aromatic carbocycles. The van der Waals surface area contributed by atoms with Crippen molar-refractivity contribution in [1.82, 2.24) is 0 Å². The summed E-state index contributed by atoms with van der Waals surface area (Å²) in [5.74, 6) is 2.22. The first-order valence-corrected chi connectivity index (χ1v) is 11.3. The minimum atomic E-state index is 0.292. The molecule has 2 aliphatic carbocycles. The Balaban J connectivity index is 1.44. The van der Waals surface area contributed by atoms with Crippen molar-refractivity contribution in [3.8, 4) is 0 Å². The third-order valence-electron chi connectivity index (χ3n) is 7.48. The second-order valence-electron chi connectivity index (χ2n) is 10.3. The molecule has 3 N–H and O–H groups in total. The molecule has 0 amide bonds. The molecule has 156 valence electrons. The number of anilines is 2. The van der Waals surface area contributed by atoms with Crippen LogP contribution in [0, 0.1) is 23.2 Å². The molecular formula is C24H39N3O. The minimum Gasteiger partial charge on any atom is -0.382 e. The molecule has 7 unspecified atom stereocenters. The number of benzene rings is 1. The van der Waals surface area contributed by atoms with Crippen LogP contribution in [0.1, 0.15) is 53.4 Å². The Morgan fingerprint density at radius 1 is 1.04 bits per heavy atom. The number of nitrogens with two attached hydrogens (primary N) is 1. The second kappa shape index (κ2) is 7.87. The van der Waals surface area contributed by atoms with E-state index in [-0.39, 0.29) is 0 Å². The van der Waals surface area contributed by atoms with Crippen molar-refractivity contribution in [2.75, 3.05) is 29.9 Å². The lowest BCUT2D eigenvalue weighted by Crippen LogP contribution is -2.52. The Labute approximate surface area is 171 Å². The molecule has 7 atom stereocenters. The highest BCUT2D eigenvalue weighted by Crippen LogP contribution is 2.52. The fraction of sp³-hybridized carbons (Fsp3) is 0.750. The molecule has 0 spiro atoms. The van der Waals surface area contributed by atoms with Crippen molar-refractivity contribution in [2.45, 2.75) is 71.6 Å². The minimum absolute atomic E-state index is 0.292. The molecule has 0 aromatic heterocycles. The van der Waals surface area contributed by atoms with Crippen molar-refractivity contribution < 1.29 is 4.74 Å². The van der Waals surface area contributed by atoms with Gasteiger partial charge in [-0.05, 0) is 93.5 Å². The van der Waals surface area contributed by atoms with Crippen LogP contribution in [-0.2, 0) is 4.74 Å². The number of nitrogens with one attached hydrogen (secondary N) is 1. The Morgan fingerprint density at radius 3 is 2.36 bits per heavy atom. The molecule has 4 rings (SSSR count). The van der Waals surface area contributed by atoms with E-state index < -0.39 is 0 Å². The van der Waals surface area contributed by atoms with Crippen molar-refractivity contribution in [3.63, 3.8) is 0 Å². The summed E-state index contributed by atoms with van der Waals surface area (Å²) in [4.78, 5) is 2.45. The Kier molecular flexibility index (Phi) is 5.63. The number of hydrogen-bond donors (Lipinski definition) is 2. The summed E-state index contributed by atoms with van der Waals surface area (Å²) in [7, 11) is 0. The van der Waals surface area contributed by atoms with Crippen molar-refractivity contribution in [3.05, 3.63) is 24.3 Å². The standard InChI is InChI=1S/C24H39N3O/c1-16-9-20-12-24(10-16,15-25)11-17(2)23(20)26-21-5-7-22(8-6-21)27-13-18(3)28-19(4)14-27/h5-8,16-20,23,26H,9-15,25H2,1-4H3. The molecule has 4 heteroatoms. The number of rotatable bonds is 4. The highest BCUT2D eigenvalue weighted by molar-refractivity contribution is 5.56. The van der Waals surface area contributed by atoms with Gasteiger partial charge in [0.1, 0.15) is 0 Å². The van der Waals surface area contributed by atoms with E-state index in [0.29, 0.717) is 29.6 Å². The van der Waals surface area contributed by atoms with Crippen LogP contribution < -0.4 is 16.0 Å². The van der Waals surface area contributed by atoms with Crippen LogP contribution >= 0.6 is 0 Å². The zero-order valence-electron chi connectivity index (χ0n) is 18.2. The zero-order chi connectivity index (χ0) is 19.9. The van der Waals surface area contributed by atoms with Crippen molar-refractivity contribution in [1.29, 1.82) is 0 Å². The molecule has 1 aliphatic heterocycles. The van der Waals surface area contributed by atoms with E-state index >= 15 is 0 Å². The lowest BCUT2D eigenvalue weighted by molar-refractivity contribution is -0.00521.